The molecule has 0 saturated carbocycles. The number of methoxy groups -OCH3 is 2. The van der Waals surface area contributed by atoms with Crippen molar-refractivity contribution < 1.29 is 9.47 Å². The summed E-state index contributed by atoms with van der Waals surface area (Å²) in [6.07, 6.45) is 3.54. The van der Waals surface area contributed by atoms with Gasteiger partial charge in [-0.15, -0.1) is 11.6 Å². The highest BCUT2D eigenvalue weighted by Crippen LogP contribution is 2.27. The maximum atomic E-state index is 5.84. The Morgan fingerprint density at radius 2 is 2.00 bits per heavy atom. The normalized spacial score (nSPS) is 10.4. The molecule has 5 heteroatoms. The van der Waals surface area contributed by atoms with Crippen molar-refractivity contribution in [3.63, 3.8) is 0 Å². The molecule has 1 aromatic carbocycles. The second kappa shape index (κ2) is 5.78. The molecule has 4 nitrogen and oxygen atoms in total. The lowest BCUT2D eigenvalue weighted by Crippen LogP contribution is -2.02. The molecule has 1 heterocycles. The first kappa shape index (κ1) is 12.8. The maximum Gasteiger partial charge on any atom is 0.161 e. The van der Waals surface area contributed by atoms with Crippen LogP contribution in [0.15, 0.2) is 30.7 Å². The van der Waals surface area contributed by atoms with E-state index in [0.717, 1.165) is 22.8 Å². The standard InChI is InChI=1S/C13H15ClN2O2/c1-17-12-4-3-10(5-13(12)18-2)8-16-9-15-7-11(16)6-14/h3-5,7,9H,6,8H2,1-2H3. The lowest BCUT2D eigenvalue weighted by molar-refractivity contribution is 0.354. The average molecular weight is 267 g/mol. The van der Waals surface area contributed by atoms with Crippen molar-refractivity contribution in [3.05, 3.63) is 42.0 Å². The summed E-state index contributed by atoms with van der Waals surface area (Å²) in [4.78, 5) is 4.09. The molecule has 0 amide bonds. The minimum atomic E-state index is 0.452. The fraction of sp³-hybridized carbons (Fsp3) is 0.308. The van der Waals surface area contributed by atoms with Crippen LogP contribution in [0.5, 0.6) is 11.5 Å². The molecule has 0 saturated heterocycles. The highest BCUT2D eigenvalue weighted by molar-refractivity contribution is 6.16. The number of alkyl halides is 1. The Bertz CT molecular complexity index is 525. The zero-order chi connectivity index (χ0) is 13.0. The zero-order valence-corrected chi connectivity index (χ0v) is 11.1. The molecule has 0 atom stereocenters. The zero-order valence-electron chi connectivity index (χ0n) is 10.4. The Morgan fingerprint density at radius 3 is 2.67 bits per heavy atom. The van der Waals surface area contributed by atoms with Crippen molar-refractivity contribution in [3.8, 4) is 11.5 Å². The van der Waals surface area contributed by atoms with E-state index in [-0.39, 0.29) is 0 Å². The molecule has 0 radical (unpaired) electrons. The van der Waals surface area contributed by atoms with E-state index in [1.807, 2.05) is 22.8 Å². The highest BCUT2D eigenvalue weighted by Gasteiger charge is 2.06. The topological polar surface area (TPSA) is 36.3 Å². The minimum absolute atomic E-state index is 0.452. The third kappa shape index (κ3) is 2.59. The Balaban J connectivity index is 2.24. The van der Waals surface area contributed by atoms with Crippen LogP contribution >= 0.6 is 11.6 Å². The van der Waals surface area contributed by atoms with Gasteiger partial charge >= 0.3 is 0 Å². The second-order valence-electron chi connectivity index (χ2n) is 3.84. The first-order chi connectivity index (χ1) is 8.78. The summed E-state index contributed by atoms with van der Waals surface area (Å²) in [6.45, 7) is 0.711. The Morgan fingerprint density at radius 1 is 1.22 bits per heavy atom. The van der Waals surface area contributed by atoms with Crippen LogP contribution in [0.25, 0.3) is 0 Å². The van der Waals surface area contributed by atoms with Gasteiger partial charge in [-0.1, -0.05) is 6.07 Å². The quantitative estimate of drug-likeness (QED) is 0.781. The van der Waals surface area contributed by atoms with E-state index in [2.05, 4.69) is 4.98 Å². The number of hydrogen-bond donors (Lipinski definition) is 0. The lowest BCUT2D eigenvalue weighted by Gasteiger charge is -2.11. The third-order valence-electron chi connectivity index (χ3n) is 2.74. The van der Waals surface area contributed by atoms with Crippen molar-refractivity contribution >= 4 is 11.6 Å². The van der Waals surface area contributed by atoms with Crippen LogP contribution in [0.2, 0.25) is 0 Å². The third-order valence-corrected chi connectivity index (χ3v) is 3.01. The van der Waals surface area contributed by atoms with Crippen LogP contribution in [0.1, 0.15) is 11.3 Å². The summed E-state index contributed by atoms with van der Waals surface area (Å²) in [7, 11) is 3.25. The summed E-state index contributed by atoms with van der Waals surface area (Å²) in [6, 6.07) is 5.85. The molecule has 18 heavy (non-hydrogen) atoms. The maximum absolute atomic E-state index is 5.84. The number of benzene rings is 1. The van der Waals surface area contributed by atoms with E-state index < -0.39 is 0 Å². The van der Waals surface area contributed by atoms with Crippen LogP contribution < -0.4 is 9.47 Å². The largest absolute Gasteiger partial charge is 0.493 e. The van der Waals surface area contributed by atoms with Gasteiger partial charge in [-0.05, 0) is 17.7 Å². The molecule has 2 aromatic rings. The number of aromatic nitrogens is 2. The minimum Gasteiger partial charge on any atom is -0.493 e. The number of ether oxygens (including phenoxy) is 2. The van der Waals surface area contributed by atoms with Gasteiger partial charge < -0.3 is 14.0 Å². The molecule has 0 aliphatic carbocycles. The Kier molecular flexibility index (Phi) is 4.10. The summed E-state index contributed by atoms with van der Waals surface area (Å²) in [5, 5.41) is 0. The first-order valence-electron chi connectivity index (χ1n) is 5.54. The van der Waals surface area contributed by atoms with Crippen LogP contribution in [-0.4, -0.2) is 23.8 Å². The Labute approximate surface area is 111 Å². The molecule has 0 unspecified atom stereocenters. The summed E-state index contributed by atoms with van der Waals surface area (Å²) >= 11 is 5.84. The molecule has 0 aliphatic rings. The smallest absolute Gasteiger partial charge is 0.161 e. The molecule has 0 fully saturated rings. The Hall–Kier alpha value is -1.68. The molecular weight excluding hydrogens is 252 g/mol. The van der Waals surface area contributed by atoms with Gasteiger partial charge in [0.15, 0.2) is 11.5 Å². The van der Waals surface area contributed by atoms with Gasteiger partial charge in [0.05, 0.1) is 32.1 Å². The fourth-order valence-corrected chi connectivity index (χ4v) is 2.00. The number of nitrogens with zero attached hydrogens (tertiary/aromatic N) is 2. The molecule has 1 aromatic heterocycles. The molecular formula is C13H15ClN2O2. The van der Waals surface area contributed by atoms with Gasteiger partial charge in [0.25, 0.3) is 0 Å². The predicted molar refractivity (Wildman–Crippen MR) is 70.4 cm³/mol. The van der Waals surface area contributed by atoms with Crippen LogP contribution in [0.4, 0.5) is 0 Å². The molecule has 0 spiro atoms. The second-order valence-corrected chi connectivity index (χ2v) is 4.10. The summed E-state index contributed by atoms with van der Waals surface area (Å²) in [5.74, 6) is 1.90. The van der Waals surface area contributed by atoms with Gasteiger partial charge in [-0.25, -0.2) is 4.98 Å². The monoisotopic (exact) mass is 266 g/mol. The van der Waals surface area contributed by atoms with Crippen molar-refractivity contribution in [2.24, 2.45) is 0 Å². The van der Waals surface area contributed by atoms with Gasteiger partial charge in [0.1, 0.15) is 0 Å². The fourth-order valence-electron chi connectivity index (χ4n) is 1.78. The van der Waals surface area contributed by atoms with E-state index in [1.54, 1.807) is 26.7 Å². The predicted octanol–water partition coefficient (Wildman–Crippen LogP) is 2.69. The molecule has 0 N–H and O–H groups in total. The van der Waals surface area contributed by atoms with E-state index in [4.69, 9.17) is 21.1 Å². The van der Waals surface area contributed by atoms with Crippen LogP contribution in [-0.2, 0) is 12.4 Å². The van der Waals surface area contributed by atoms with Gasteiger partial charge in [-0.2, -0.15) is 0 Å². The number of imidazole rings is 1. The van der Waals surface area contributed by atoms with Crippen LogP contribution in [0.3, 0.4) is 0 Å². The van der Waals surface area contributed by atoms with Gasteiger partial charge in [0.2, 0.25) is 0 Å². The number of rotatable bonds is 5. The van der Waals surface area contributed by atoms with Gasteiger partial charge in [0, 0.05) is 12.7 Å². The summed E-state index contributed by atoms with van der Waals surface area (Å²) < 4.78 is 12.5. The molecule has 0 bridgehead atoms. The van der Waals surface area contributed by atoms with E-state index in [9.17, 15) is 0 Å². The molecule has 2 rings (SSSR count). The van der Waals surface area contributed by atoms with Crippen molar-refractivity contribution in [1.29, 1.82) is 0 Å². The van der Waals surface area contributed by atoms with Crippen LogP contribution in [0, 0.1) is 0 Å². The molecule has 96 valence electrons. The van der Waals surface area contributed by atoms with Gasteiger partial charge in [-0.3, -0.25) is 0 Å². The number of hydrogen-bond acceptors (Lipinski definition) is 3. The van der Waals surface area contributed by atoms with Crippen molar-refractivity contribution in [1.82, 2.24) is 9.55 Å². The van der Waals surface area contributed by atoms with E-state index in [1.165, 1.54) is 0 Å². The first-order valence-corrected chi connectivity index (χ1v) is 6.07. The lowest BCUT2D eigenvalue weighted by atomic mass is 10.2. The van der Waals surface area contributed by atoms with Crippen molar-refractivity contribution in [2.75, 3.05) is 14.2 Å². The van der Waals surface area contributed by atoms with Crippen molar-refractivity contribution in [2.45, 2.75) is 12.4 Å². The average Bonchev–Trinajstić information content (AvgIpc) is 2.85. The van der Waals surface area contributed by atoms with E-state index >= 15 is 0 Å². The summed E-state index contributed by atoms with van der Waals surface area (Å²) in [5.41, 5.74) is 2.10. The number of halogens is 1. The highest BCUT2D eigenvalue weighted by atomic mass is 35.5. The molecule has 0 aliphatic heterocycles. The van der Waals surface area contributed by atoms with E-state index in [0.29, 0.717) is 12.4 Å². The SMILES string of the molecule is COc1ccc(Cn2cncc2CCl)cc1OC.